The van der Waals surface area contributed by atoms with Gasteiger partial charge in [0.1, 0.15) is 5.75 Å². The number of rotatable bonds is 7. The predicted octanol–water partition coefficient (Wildman–Crippen LogP) is 4.36. The Hall–Kier alpha value is -1.79. The minimum absolute atomic E-state index is 0.0233. The molecule has 2 rings (SSSR count). The van der Waals surface area contributed by atoms with Crippen molar-refractivity contribution in [3.05, 3.63) is 46.8 Å². The van der Waals surface area contributed by atoms with Gasteiger partial charge in [0.25, 0.3) is 5.91 Å². The summed E-state index contributed by atoms with van der Waals surface area (Å²) in [5, 5.41) is 2.97. The van der Waals surface area contributed by atoms with Gasteiger partial charge in [-0.15, -0.1) is 11.3 Å². The Morgan fingerprint density at radius 3 is 2.48 bits per heavy atom. The summed E-state index contributed by atoms with van der Waals surface area (Å²) in [5.74, 6) is 0.712. The van der Waals surface area contributed by atoms with Gasteiger partial charge < -0.3 is 14.7 Å². The first-order valence-electron chi connectivity index (χ1n) is 9.22. The van der Waals surface area contributed by atoms with Crippen molar-refractivity contribution in [2.75, 3.05) is 7.11 Å². The highest BCUT2D eigenvalue weighted by molar-refractivity contribution is 7.24. The Morgan fingerprint density at radius 2 is 1.85 bits per heavy atom. The number of hydrogen-bond donors (Lipinski definition) is 1. The zero-order chi connectivity index (χ0) is 20.2. The van der Waals surface area contributed by atoms with Gasteiger partial charge in [-0.05, 0) is 43.0 Å². The Kier molecular flexibility index (Phi) is 6.76. The molecular formula is C21H30BNO3S. The van der Waals surface area contributed by atoms with Gasteiger partial charge in [-0.2, -0.15) is 0 Å². The first-order valence-corrected chi connectivity index (χ1v) is 10.0. The molecule has 0 radical (unpaired) electrons. The lowest BCUT2D eigenvalue weighted by molar-refractivity contribution is 0.000565. The normalized spacial score (nSPS) is 12.0. The van der Waals surface area contributed by atoms with Gasteiger partial charge in [-0.1, -0.05) is 45.8 Å². The maximum Gasteiger partial charge on any atom is 0.334 e. The van der Waals surface area contributed by atoms with Crippen LogP contribution in [0.25, 0.3) is 0 Å². The number of nitrogens with one attached hydrogen (secondary N) is 1. The molecule has 27 heavy (non-hydrogen) atoms. The molecule has 1 heterocycles. The number of carbonyl (C=O) groups excluding carboxylic acids is 1. The van der Waals surface area contributed by atoms with Crippen LogP contribution in [0.2, 0.25) is 6.82 Å². The zero-order valence-electron chi connectivity index (χ0n) is 17.4. The average molecular weight is 387 g/mol. The Bertz CT molecular complexity index is 780. The lowest BCUT2D eigenvalue weighted by Gasteiger charge is -2.40. The van der Waals surface area contributed by atoms with Crippen LogP contribution in [0.15, 0.2) is 36.4 Å². The van der Waals surface area contributed by atoms with Crippen LogP contribution in [0.4, 0.5) is 0 Å². The van der Waals surface area contributed by atoms with E-state index >= 15 is 0 Å². The molecule has 0 aliphatic rings. The minimum atomic E-state index is -0.273. The van der Waals surface area contributed by atoms with E-state index in [1.165, 1.54) is 11.3 Å². The zero-order valence-corrected chi connectivity index (χ0v) is 18.2. The van der Waals surface area contributed by atoms with Crippen molar-refractivity contribution in [2.45, 2.75) is 53.6 Å². The molecule has 1 amide bonds. The first-order chi connectivity index (χ1) is 12.5. The Labute approximate surface area is 167 Å². The topological polar surface area (TPSA) is 47.6 Å². The summed E-state index contributed by atoms with van der Waals surface area (Å²) in [5.41, 5.74) is 0.754. The van der Waals surface area contributed by atoms with E-state index in [4.69, 9.17) is 9.39 Å². The van der Waals surface area contributed by atoms with Crippen LogP contribution in [0, 0.1) is 5.41 Å². The van der Waals surface area contributed by atoms with Crippen molar-refractivity contribution in [3.63, 3.8) is 0 Å². The maximum atomic E-state index is 12.5. The number of benzene rings is 1. The van der Waals surface area contributed by atoms with Crippen LogP contribution in [0.1, 0.15) is 49.9 Å². The molecule has 4 nitrogen and oxygen atoms in total. The van der Waals surface area contributed by atoms with Gasteiger partial charge in [-0.25, -0.2) is 0 Å². The molecule has 0 aliphatic carbocycles. The standard InChI is InChI=1S/C21H30BNO3S/c1-20(2,3)21(4,5)26-22(6)18-12-11-17(27-18)19(24)23-14-15-9-8-10-16(13-15)25-7/h8-13H,14H2,1-7H3,(H,23,24). The average Bonchev–Trinajstić information content (AvgIpc) is 3.09. The fourth-order valence-electron chi connectivity index (χ4n) is 2.42. The van der Waals surface area contributed by atoms with Crippen molar-refractivity contribution >= 4 is 28.9 Å². The number of hydrogen-bond acceptors (Lipinski definition) is 4. The van der Waals surface area contributed by atoms with Crippen LogP contribution in [0.5, 0.6) is 5.75 Å². The van der Waals surface area contributed by atoms with Crippen molar-refractivity contribution < 1.29 is 14.2 Å². The van der Waals surface area contributed by atoms with Crippen molar-refractivity contribution in [2.24, 2.45) is 5.41 Å². The highest BCUT2D eigenvalue weighted by Gasteiger charge is 2.36. The highest BCUT2D eigenvalue weighted by Crippen LogP contribution is 2.33. The molecule has 1 aromatic heterocycles. The number of carbonyl (C=O) groups is 1. The Balaban J connectivity index is 1.98. The number of methoxy groups -OCH3 is 1. The molecule has 1 N–H and O–H groups in total. The van der Waals surface area contributed by atoms with Crippen LogP contribution in [-0.4, -0.2) is 25.5 Å². The largest absolute Gasteiger partial charge is 0.497 e. The Morgan fingerprint density at radius 1 is 1.15 bits per heavy atom. The van der Waals surface area contributed by atoms with Gasteiger partial charge in [0.15, 0.2) is 0 Å². The molecular weight excluding hydrogens is 357 g/mol. The molecule has 6 heteroatoms. The van der Waals surface area contributed by atoms with Crippen molar-refractivity contribution in [1.82, 2.24) is 5.32 Å². The van der Waals surface area contributed by atoms with Crippen LogP contribution < -0.4 is 14.8 Å². The van der Waals surface area contributed by atoms with E-state index in [9.17, 15) is 4.79 Å². The quantitative estimate of drug-likeness (QED) is 0.719. The third kappa shape index (κ3) is 5.60. The SMILES string of the molecule is COc1cccc(CNC(=O)c2ccc(B(C)OC(C)(C)C(C)(C)C)s2)c1. The van der Waals surface area contributed by atoms with Crippen LogP contribution in [-0.2, 0) is 11.2 Å². The molecule has 146 valence electrons. The van der Waals surface area contributed by atoms with Gasteiger partial charge in [0.2, 0.25) is 0 Å². The second kappa shape index (κ2) is 8.49. The molecule has 0 atom stereocenters. The third-order valence-corrected chi connectivity index (χ3v) is 6.36. The van der Waals surface area contributed by atoms with Gasteiger partial charge in [0.05, 0.1) is 17.6 Å². The van der Waals surface area contributed by atoms with Gasteiger partial charge >= 0.3 is 6.92 Å². The minimum Gasteiger partial charge on any atom is -0.497 e. The molecule has 1 aromatic carbocycles. The summed E-state index contributed by atoms with van der Waals surface area (Å²) in [6.45, 7) is 13.2. The second-order valence-electron chi connectivity index (χ2n) is 8.26. The fourth-order valence-corrected chi connectivity index (χ4v) is 3.33. The molecule has 0 fully saturated rings. The summed E-state index contributed by atoms with van der Waals surface area (Å²) < 4.78 is 12.6. The lowest BCUT2D eigenvalue weighted by Crippen LogP contribution is -2.46. The summed E-state index contributed by atoms with van der Waals surface area (Å²) in [4.78, 5) is 13.2. The molecule has 2 aromatic rings. The van der Waals surface area contributed by atoms with Crippen molar-refractivity contribution in [1.29, 1.82) is 0 Å². The van der Waals surface area contributed by atoms with Crippen LogP contribution in [0.3, 0.4) is 0 Å². The number of amides is 1. The molecule has 0 aliphatic heterocycles. The summed E-state index contributed by atoms with van der Waals surface area (Å²) >= 11 is 1.48. The first kappa shape index (κ1) is 21.5. The van der Waals surface area contributed by atoms with E-state index in [-0.39, 0.29) is 23.8 Å². The number of ether oxygens (including phenoxy) is 1. The van der Waals surface area contributed by atoms with E-state index < -0.39 is 0 Å². The van der Waals surface area contributed by atoms with Gasteiger partial charge in [-0.3, -0.25) is 4.79 Å². The predicted molar refractivity (Wildman–Crippen MR) is 114 cm³/mol. The summed E-state index contributed by atoms with van der Waals surface area (Å²) in [7, 11) is 1.63. The monoisotopic (exact) mass is 387 g/mol. The van der Waals surface area contributed by atoms with E-state index in [1.54, 1.807) is 7.11 Å². The maximum absolute atomic E-state index is 12.5. The molecule has 0 bridgehead atoms. The van der Waals surface area contributed by atoms with Crippen LogP contribution >= 0.6 is 11.3 Å². The number of thiophene rings is 1. The van der Waals surface area contributed by atoms with E-state index in [2.05, 4.69) is 39.9 Å². The summed E-state index contributed by atoms with van der Waals surface area (Å²) in [6.07, 6.45) is 0. The van der Waals surface area contributed by atoms with Crippen molar-refractivity contribution in [3.8, 4) is 5.75 Å². The lowest BCUT2D eigenvalue weighted by atomic mass is 9.66. The second-order valence-corrected chi connectivity index (χ2v) is 9.37. The van der Waals surface area contributed by atoms with E-state index in [1.807, 2.05) is 43.2 Å². The van der Waals surface area contributed by atoms with Gasteiger partial charge in [0, 0.05) is 11.3 Å². The summed E-state index contributed by atoms with van der Waals surface area (Å²) in [6, 6.07) is 11.5. The third-order valence-electron chi connectivity index (χ3n) is 5.12. The fraction of sp³-hybridized carbons (Fsp3) is 0.476. The molecule has 0 unspecified atom stereocenters. The smallest absolute Gasteiger partial charge is 0.334 e. The molecule has 0 saturated carbocycles. The van der Waals surface area contributed by atoms with E-state index in [0.717, 1.165) is 16.1 Å². The molecule has 0 saturated heterocycles. The highest BCUT2D eigenvalue weighted by atomic mass is 32.1. The van der Waals surface area contributed by atoms with E-state index in [0.29, 0.717) is 11.4 Å². The molecule has 0 spiro atoms.